The lowest BCUT2D eigenvalue weighted by Crippen LogP contribution is -2.58. The van der Waals surface area contributed by atoms with Gasteiger partial charge in [0.25, 0.3) is 0 Å². The van der Waals surface area contributed by atoms with Crippen molar-refractivity contribution < 1.29 is 23.5 Å². The number of cyclic esters (lactones) is 1. The summed E-state index contributed by atoms with van der Waals surface area (Å²) in [5.74, 6) is -0.376. The summed E-state index contributed by atoms with van der Waals surface area (Å²) in [4.78, 5) is 15.1. The Balaban J connectivity index is 1.63. The van der Waals surface area contributed by atoms with Crippen LogP contribution in [0.25, 0.3) is 0 Å². The second-order valence-corrected chi connectivity index (χ2v) is 13.6. The lowest BCUT2D eigenvalue weighted by molar-refractivity contribution is 0.0963. The number of aliphatic hydroxyl groups excluding tert-OH is 1. The summed E-state index contributed by atoms with van der Waals surface area (Å²) in [6.45, 7) is 12.4. The third-order valence-electron chi connectivity index (χ3n) is 5.78. The van der Waals surface area contributed by atoms with Gasteiger partial charge in [0, 0.05) is 13.1 Å². The second kappa shape index (κ2) is 7.07. The molecule has 27 heavy (non-hydrogen) atoms. The van der Waals surface area contributed by atoms with Crippen molar-refractivity contribution in [2.75, 3.05) is 36.0 Å². The fourth-order valence-corrected chi connectivity index (χ4v) is 4.39. The molecule has 3 rings (SSSR count). The van der Waals surface area contributed by atoms with Gasteiger partial charge in [0.15, 0.2) is 8.32 Å². The summed E-state index contributed by atoms with van der Waals surface area (Å²) in [6.07, 6.45) is -0.999. The smallest absolute Gasteiger partial charge is 0.414 e. The van der Waals surface area contributed by atoms with E-state index in [4.69, 9.17) is 14.3 Å². The molecule has 0 saturated carbocycles. The summed E-state index contributed by atoms with van der Waals surface area (Å²) in [5.41, 5.74) is 0.951. The predicted molar refractivity (Wildman–Crippen MR) is 105 cm³/mol. The molecular formula is C19H29FN2O4Si. The Kier molecular flexibility index (Phi) is 5.26. The summed E-state index contributed by atoms with van der Waals surface area (Å²) < 4.78 is 26.0. The fourth-order valence-electron chi connectivity index (χ4n) is 3.05. The van der Waals surface area contributed by atoms with Crippen LogP contribution in [0.4, 0.5) is 20.6 Å². The number of hydrogen-bond acceptors (Lipinski definition) is 5. The number of halogens is 1. The summed E-state index contributed by atoms with van der Waals surface area (Å²) in [5, 5.41) is 9.27. The fraction of sp³-hybridized carbons (Fsp3) is 0.632. The molecule has 2 heterocycles. The Morgan fingerprint density at radius 2 is 1.96 bits per heavy atom. The molecule has 2 aliphatic heterocycles. The van der Waals surface area contributed by atoms with Crippen molar-refractivity contribution in [2.24, 2.45) is 0 Å². The molecule has 6 nitrogen and oxygen atoms in total. The van der Waals surface area contributed by atoms with Crippen molar-refractivity contribution in [2.45, 2.75) is 51.1 Å². The van der Waals surface area contributed by atoms with Crippen molar-refractivity contribution in [3.05, 3.63) is 24.0 Å². The Labute approximate surface area is 161 Å². The molecule has 0 aromatic heterocycles. The van der Waals surface area contributed by atoms with Gasteiger partial charge in [0.1, 0.15) is 11.9 Å². The van der Waals surface area contributed by atoms with Gasteiger partial charge in [-0.1, -0.05) is 20.8 Å². The molecule has 2 saturated heterocycles. The first-order chi connectivity index (χ1) is 12.5. The molecule has 1 aromatic rings. The van der Waals surface area contributed by atoms with Gasteiger partial charge < -0.3 is 19.2 Å². The minimum absolute atomic E-state index is 0.129. The first kappa shape index (κ1) is 20.1. The van der Waals surface area contributed by atoms with Crippen LogP contribution in [-0.2, 0) is 9.16 Å². The van der Waals surface area contributed by atoms with Gasteiger partial charge in [-0.25, -0.2) is 9.18 Å². The van der Waals surface area contributed by atoms with Gasteiger partial charge in [0.2, 0.25) is 0 Å². The van der Waals surface area contributed by atoms with Crippen molar-refractivity contribution in [1.82, 2.24) is 0 Å². The second-order valence-electron chi connectivity index (χ2n) is 8.84. The molecule has 0 radical (unpaired) electrons. The van der Waals surface area contributed by atoms with E-state index >= 15 is 0 Å². The van der Waals surface area contributed by atoms with Gasteiger partial charge in [-0.3, -0.25) is 4.90 Å². The van der Waals surface area contributed by atoms with Crippen LogP contribution in [0.15, 0.2) is 18.2 Å². The number of carbonyl (C=O) groups excluding carboxylic acids is 1. The van der Waals surface area contributed by atoms with E-state index < -0.39 is 20.5 Å². The maximum Gasteiger partial charge on any atom is 0.414 e. The number of hydrogen-bond donors (Lipinski definition) is 1. The number of anilines is 2. The van der Waals surface area contributed by atoms with Crippen LogP contribution in [0.3, 0.4) is 0 Å². The van der Waals surface area contributed by atoms with Crippen molar-refractivity contribution in [3.63, 3.8) is 0 Å². The number of nitrogens with zero attached hydrogens (tertiary/aromatic N) is 2. The zero-order chi connectivity index (χ0) is 20.0. The van der Waals surface area contributed by atoms with Crippen LogP contribution in [0.2, 0.25) is 18.1 Å². The number of benzene rings is 1. The molecule has 1 aromatic carbocycles. The largest absolute Gasteiger partial charge is 0.441 e. The predicted octanol–water partition coefficient (Wildman–Crippen LogP) is 3.35. The van der Waals surface area contributed by atoms with Crippen LogP contribution >= 0.6 is 0 Å². The first-order valence-electron chi connectivity index (χ1n) is 9.33. The normalized spacial score (nSPS) is 21.4. The molecule has 0 bridgehead atoms. The quantitative estimate of drug-likeness (QED) is 0.774. The van der Waals surface area contributed by atoms with Gasteiger partial charge in [-0.05, 0) is 36.3 Å². The molecule has 8 heteroatoms. The molecule has 150 valence electrons. The van der Waals surface area contributed by atoms with Gasteiger partial charge in [0.05, 0.1) is 30.6 Å². The van der Waals surface area contributed by atoms with E-state index in [1.807, 2.05) is 4.90 Å². The average molecular weight is 397 g/mol. The molecule has 2 aliphatic rings. The van der Waals surface area contributed by atoms with E-state index in [2.05, 4.69) is 33.9 Å². The Hall–Kier alpha value is -1.64. The first-order valence-corrected chi connectivity index (χ1v) is 12.2. The van der Waals surface area contributed by atoms with Crippen molar-refractivity contribution in [3.8, 4) is 0 Å². The molecule has 0 aliphatic carbocycles. The van der Waals surface area contributed by atoms with Crippen molar-refractivity contribution in [1.29, 1.82) is 0 Å². The highest BCUT2D eigenvalue weighted by Gasteiger charge is 2.42. The zero-order valence-electron chi connectivity index (χ0n) is 16.7. The highest BCUT2D eigenvalue weighted by atomic mass is 28.4. The Morgan fingerprint density at radius 3 is 2.48 bits per heavy atom. The standard InChI is InChI=1S/C19H29FN2O4Si/c1-19(2,3)27(4,5)26-14-9-21(10-14)17-7-6-13(8-16(17)20)22-11-15(12-23)25-18(22)24/h6-8,14-15,23H,9-12H2,1-5H3. The highest BCUT2D eigenvalue weighted by Crippen LogP contribution is 2.39. The van der Waals surface area contributed by atoms with Gasteiger partial charge >= 0.3 is 6.09 Å². The van der Waals surface area contributed by atoms with E-state index in [9.17, 15) is 9.18 Å². The third kappa shape index (κ3) is 3.97. The van der Waals surface area contributed by atoms with Crippen LogP contribution < -0.4 is 9.80 Å². The minimum Gasteiger partial charge on any atom is -0.441 e. The topological polar surface area (TPSA) is 62.2 Å². The monoisotopic (exact) mass is 396 g/mol. The van der Waals surface area contributed by atoms with E-state index in [1.54, 1.807) is 12.1 Å². The number of aliphatic hydroxyl groups is 1. The molecule has 1 amide bonds. The molecule has 1 atom stereocenters. The summed E-state index contributed by atoms with van der Waals surface area (Å²) in [7, 11) is -1.83. The molecule has 2 fully saturated rings. The number of rotatable bonds is 5. The molecular weight excluding hydrogens is 367 g/mol. The number of amides is 1. The van der Waals surface area contributed by atoms with Gasteiger partial charge in [-0.15, -0.1) is 0 Å². The maximum absolute atomic E-state index is 14.6. The van der Waals surface area contributed by atoms with Crippen molar-refractivity contribution >= 4 is 25.8 Å². The third-order valence-corrected chi connectivity index (χ3v) is 10.3. The van der Waals surface area contributed by atoms with E-state index in [-0.39, 0.29) is 30.1 Å². The minimum atomic E-state index is -1.83. The van der Waals surface area contributed by atoms with E-state index in [1.165, 1.54) is 11.0 Å². The summed E-state index contributed by atoms with van der Waals surface area (Å²) >= 11 is 0. The van der Waals surface area contributed by atoms with Gasteiger partial charge in [-0.2, -0.15) is 0 Å². The van der Waals surface area contributed by atoms with E-state index in [0.717, 1.165) is 0 Å². The lowest BCUT2D eigenvalue weighted by atomic mass is 10.1. The Morgan fingerprint density at radius 1 is 1.30 bits per heavy atom. The highest BCUT2D eigenvalue weighted by molar-refractivity contribution is 6.74. The molecule has 1 unspecified atom stereocenters. The van der Waals surface area contributed by atoms with Crippen LogP contribution in [0, 0.1) is 5.82 Å². The molecule has 1 N–H and O–H groups in total. The van der Waals surface area contributed by atoms with Crippen LogP contribution in [-0.4, -0.2) is 58.0 Å². The average Bonchev–Trinajstić information content (AvgIpc) is 2.91. The summed E-state index contributed by atoms with van der Waals surface area (Å²) in [6, 6.07) is 4.74. The van der Waals surface area contributed by atoms with E-state index in [0.29, 0.717) is 24.5 Å². The number of ether oxygens (including phenoxy) is 1. The number of carbonyl (C=O) groups is 1. The van der Waals surface area contributed by atoms with Crippen LogP contribution in [0.5, 0.6) is 0 Å². The maximum atomic E-state index is 14.6. The molecule has 0 spiro atoms. The zero-order valence-corrected chi connectivity index (χ0v) is 17.7. The Bertz CT molecular complexity index is 716. The van der Waals surface area contributed by atoms with Crippen LogP contribution in [0.1, 0.15) is 20.8 Å². The lowest BCUT2D eigenvalue weighted by Gasteiger charge is -2.47. The SMILES string of the molecule is CC(C)(C)[Si](C)(C)OC1CN(c2ccc(N3CC(CO)OC3=O)cc2F)C1.